The van der Waals surface area contributed by atoms with Crippen molar-refractivity contribution in [2.45, 2.75) is 44.4 Å². The number of amides is 1. The molecule has 2 aromatic heterocycles. The summed E-state index contributed by atoms with van der Waals surface area (Å²) in [5.41, 5.74) is 19.3. The first-order valence-electron chi connectivity index (χ1n) is 14.7. The van der Waals surface area contributed by atoms with Gasteiger partial charge in [0.1, 0.15) is 5.82 Å². The lowest BCUT2D eigenvalue weighted by Crippen LogP contribution is -2.29. The molecule has 1 amide bonds. The minimum absolute atomic E-state index is 0.00626. The molecule has 2 atom stereocenters. The fraction of sp³-hybridized carbons (Fsp3) is 0.387. The van der Waals surface area contributed by atoms with Gasteiger partial charge in [-0.15, -0.1) is 11.3 Å². The average molecular weight is 605 g/mol. The second kappa shape index (κ2) is 14.6. The Labute approximate surface area is 255 Å². The molecule has 5 rings (SSSR count). The number of hydrogen-bond acceptors (Lipinski definition) is 10. The molecule has 12 heteroatoms. The summed E-state index contributed by atoms with van der Waals surface area (Å²) in [5.74, 6) is 0.459. The molecule has 0 spiro atoms. The van der Waals surface area contributed by atoms with Gasteiger partial charge < -0.3 is 41.9 Å². The van der Waals surface area contributed by atoms with E-state index in [9.17, 15) is 15.0 Å². The first-order valence-corrected chi connectivity index (χ1v) is 15.5. The second-order valence-electron chi connectivity index (χ2n) is 10.6. The number of carbonyl (C=O) groups excluding carboxylic acids is 1. The maximum atomic E-state index is 12.1. The SMILES string of the molecule is NCCCn1c(-c2ccc(N(CCO)CCO)cc2)nc2cc(C(CC(N)=O)NCc3ccc(C4CC=NN4)s3)ccc21. The summed E-state index contributed by atoms with van der Waals surface area (Å²) < 4.78 is 2.19. The molecular formula is C31H40N8O3S. The number of aliphatic hydroxyl groups is 2. The molecular weight excluding hydrogens is 564 g/mol. The Bertz CT molecular complexity index is 1520. The van der Waals surface area contributed by atoms with E-state index >= 15 is 0 Å². The number of anilines is 1. The van der Waals surface area contributed by atoms with Crippen LogP contribution < -0.4 is 27.1 Å². The molecule has 2 unspecified atom stereocenters. The number of aromatic nitrogens is 2. The van der Waals surface area contributed by atoms with E-state index in [2.05, 4.69) is 38.6 Å². The molecule has 1 aliphatic heterocycles. The van der Waals surface area contributed by atoms with Crippen LogP contribution in [0, 0.1) is 0 Å². The van der Waals surface area contributed by atoms with Gasteiger partial charge >= 0.3 is 0 Å². The highest BCUT2D eigenvalue weighted by Crippen LogP contribution is 2.31. The van der Waals surface area contributed by atoms with Crippen LogP contribution in [0.5, 0.6) is 0 Å². The molecule has 1 aliphatic rings. The third-order valence-corrected chi connectivity index (χ3v) is 8.81. The van der Waals surface area contributed by atoms with E-state index in [0.29, 0.717) is 26.2 Å². The Kier molecular flexibility index (Phi) is 10.4. The van der Waals surface area contributed by atoms with Crippen molar-refractivity contribution in [2.75, 3.05) is 37.7 Å². The van der Waals surface area contributed by atoms with Crippen LogP contribution in [0.25, 0.3) is 22.4 Å². The van der Waals surface area contributed by atoms with Gasteiger partial charge in [0.2, 0.25) is 5.91 Å². The van der Waals surface area contributed by atoms with E-state index in [1.807, 2.05) is 47.5 Å². The van der Waals surface area contributed by atoms with Crippen molar-refractivity contribution < 1.29 is 15.0 Å². The largest absolute Gasteiger partial charge is 0.395 e. The van der Waals surface area contributed by atoms with Gasteiger partial charge in [-0.1, -0.05) is 6.07 Å². The fourth-order valence-corrected chi connectivity index (χ4v) is 6.46. The standard InChI is InChI=1S/C31H40N8O3S/c32-11-1-13-39-28-8-4-22(26(19-30(33)42)34-20-24-7-9-29(43-24)25-10-12-35-37-25)18-27(28)36-31(39)21-2-5-23(6-3-21)38(14-16-40)15-17-41/h2-9,12,18,25-26,34,37,40-41H,1,10-11,13-17,19-20,32H2,(H2,33,42). The minimum Gasteiger partial charge on any atom is -0.395 e. The summed E-state index contributed by atoms with van der Waals surface area (Å²) in [7, 11) is 0. The van der Waals surface area contributed by atoms with Gasteiger partial charge in [-0.3, -0.25) is 4.79 Å². The molecule has 4 aromatic rings. The van der Waals surface area contributed by atoms with Crippen molar-refractivity contribution in [3.05, 3.63) is 69.9 Å². The number of nitrogens with two attached hydrogens (primary N) is 2. The molecule has 0 aliphatic carbocycles. The molecule has 2 aromatic carbocycles. The number of fused-ring (bicyclic) bond motifs is 1. The van der Waals surface area contributed by atoms with Gasteiger partial charge in [0, 0.05) is 72.3 Å². The molecule has 3 heterocycles. The van der Waals surface area contributed by atoms with Gasteiger partial charge in [-0.05, 0) is 67.1 Å². The molecule has 11 nitrogen and oxygen atoms in total. The number of imidazole rings is 1. The summed E-state index contributed by atoms with van der Waals surface area (Å²) in [4.78, 5) is 21.4. The highest BCUT2D eigenvalue weighted by atomic mass is 32.1. The van der Waals surface area contributed by atoms with E-state index in [-0.39, 0.29) is 37.6 Å². The van der Waals surface area contributed by atoms with Crippen molar-refractivity contribution in [3.63, 3.8) is 0 Å². The highest BCUT2D eigenvalue weighted by molar-refractivity contribution is 7.12. The summed E-state index contributed by atoms with van der Waals surface area (Å²) in [6.45, 7) is 2.79. The van der Waals surface area contributed by atoms with Crippen LogP contribution in [0.3, 0.4) is 0 Å². The van der Waals surface area contributed by atoms with Crippen molar-refractivity contribution in [1.82, 2.24) is 20.3 Å². The van der Waals surface area contributed by atoms with Gasteiger partial charge in [-0.2, -0.15) is 5.10 Å². The number of primary amides is 1. The number of nitrogens with zero attached hydrogens (tertiary/aromatic N) is 4. The third-order valence-electron chi connectivity index (χ3n) is 7.61. The Morgan fingerprint density at radius 1 is 1.14 bits per heavy atom. The number of hydrazone groups is 1. The molecule has 8 N–H and O–H groups in total. The van der Waals surface area contributed by atoms with Crippen LogP contribution in [-0.2, 0) is 17.9 Å². The van der Waals surface area contributed by atoms with Gasteiger partial charge in [0.05, 0.1) is 30.3 Å². The Hall–Kier alpha value is -3.81. The van der Waals surface area contributed by atoms with Crippen molar-refractivity contribution in [3.8, 4) is 11.4 Å². The molecule has 43 heavy (non-hydrogen) atoms. The molecule has 0 saturated carbocycles. The number of benzene rings is 2. The monoisotopic (exact) mass is 604 g/mol. The lowest BCUT2D eigenvalue weighted by molar-refractivity contribution is -0.118. The summed E-state index contributed by atoms with van der Waals surface area (Å²) >= 11 is 1.73. The third kappa shape index (κ3) is 7.40. The lowest BCUT2D eigenvalue weighted by atomic mass is 10.0. The predicted molar refractivity (Wildman–Crippen MR) is 172 cm³/mol. The summed E-state index contributed by atoms with van der Waals surface area (Å²) in [6.07, 6.45) is 3.75. The first kappa shape index (κ1) is 30.6. The van der Waals surface area contributed by atoms with Gasteiger partial charge in [0.15, 0.2) is 0 Å². The predicted octanol–water partition coefficient (Wildman–Crippen LogP) is 2.63. The first-order chi connectivity index (χ1) is 21.0. The van der Waals surface area contributed by atoms with Crippen molar-refractivity contribution in [1.29, 1.82) is 0 Å². The maximum absolute atomic E-state index is 12.1. The van der Waals surface area contributed by atoms with E-state index in [1.54, 1.807) is 11.3 Å². The number of aryl methyl sites for hydroxylation is 1. The number of aliphatic hydroxyl groups excluding tert-OH is 2. The molecule has 0 saturated heterocycles. The molecule has 0 radical (unpaired) electrons. The van der Waals surface area contributed by atoms with Gasteiger partial charge in [0.25, 0.3) is 0 Å². The number of carbonyl (C=O) groups is 1. The van der Waals surface area contributed by atoms with Crippen molar-refractivity contribution in [2.24, 2.45) is 16.6 Å². The minimum atomic E-state index is -0.373. The van der Waals surface area contributed by atoms with Crippen LogP contribution in [0.15, 0.2) is 59.7 Å². The van der Waals surface area contributed by atoms with Crippen LogP contribution >= 0.6 is 11.3 Å². The van der Waals surface area contributed by atoms with E-state index < -0.39 is 0 Å². The zero-order valence-electron chi connectivity index (χ0n) is 24.2. The Morgan fingerprint density at radius 2 is 1.93 bits per heavy atom. The van der Waals surface area contributed by atoms with Crippen LogP contribution in [0.4, 0.5) is 5.69 Å². The smallest absolute Gasteiger partial charge is 0.219 e. The number of thiophene rings is 1. The number of rotatable bonds is 16. The Morgan fingerprint density at radius 3 is 2.60 bits per heavy atom. The number of nitrogens with one attached hydrogen (secondary N) is 2. The van der Waals surface area contributed by atoms with Crippen LogP contribution in [0.1, 0.15) is 46.7 Å². The summed E-state index contributed by atoms with van der Waals surface area (Å²) in [6, 6.07) is 18.3. The van der Waals surface area contributed by atoms with Crippen molar-refractivity contribution >= 4 is 40.2 Å². The normalized spacial score (nSPS) is 15.2. The highest BCUT2D eigenvalue weighted by Gasteiger charge is 2.20. The zero-order valence-corrected chi connectivity index (χ0v) is 25.0. The average Bonchev–Trinajstić information content (AvgIpc) is 3.78. The quantitative estimate of drug-likeness (QED) is 0.114. The molecule has 228 valence electrons. The second-order valence-corrected chi connectivity index (χ2v) is 11.8. The zero-order chi connectivity index (χ0) is 30.2. The maximum Gasteiger partial charge on any atom is 0.219 e. The van der Waals surface area contributed by atoms with E-state index in [1.165, 1.54) is 9.75 Å². The topological polar surface area (TPSA) is 167 Å². The van der Waals surface area contributed by atoms with Gasteiger partial charge in [-0.25, -0.2) is 4.98 Å². The molecule has 0 fully saturated rings. The van der Waals surface area contributed by atoms with Crippen LogP contribution in [-0.4, -0.2) is 64.7 Å². The Balaban J connectivity index is 1.40. The van der Waals surface area contributed by atoms with E-state index in [0.717, 1.165) is 53.1 Å². The van der Waals surface area contributed by atoms with Crippen LogP contribution in [0.2, 0.25) is 0 Å². The summed E-state index contributed by atoms with van der Waals surface area (Å²) in [5, 5.41) is 26.5. The molecule has 0 bridgehead atoms. The lowest BCUT2D eigenvalue weighted by Gasteiger charge is -2.23. The van der Waals surface area contributed by atoms with E-state index in [4.69, 9.17) is 16.5 Å². The fourth-order valence-electron chi connectivity index (χ4n) is 5.44. The number of hydrogen-bond donors (Lipinski definition) is 6.